The van der Waals surface area contributed by atoms with E-state index in [-0.39, 0.29) is 0 Å². The average molecular weight is 336 g/mol. The number of anilines is 3. The van der Waals surface area contributed by atoms with Crippen LogP contribution in [-0.2, 0) is 0 Å². The Morgan fingerprint density at radius 2 is 1.38 bits per heavy atom. The Balaban J connectivity index is 1.75. The van der Waals surface area contributed by atoms with Crippen LogP contribution in [0, 0.1) is 0 Å². The van der Waals surface area contributed by atoms with E-state index in [2.05, 4.69) is 16.4 Å². The summed E-state index contributed by atoms with van der Waals surface area (Å²) in [7, 11) is 0. The summed E-state index contributed by atoms with van der Waals surface area (Å²) in [6.07, 6.45) is 1.81. The number of hydrogen-bond donors (Lipinski definition) is 2. The van der Waals surface area contributed by atoms with Crippen molar-refractivity contribution in [2.45, 2.75) is 0 Å². The standard InChI is InChI=1S/C22H16N4/c23-22-15-7-2-4-9-17(15)25-19-10-5-11-20(21(19)22)26-18-12-13-24-16-8-3-1-6-14(16)18/h1-13H,(H2,23,25)(H,24,26). The van der Waals surface area contributed by atoms with Crippen molar-refractivity contribution in [3.8, 4) is 0 Å². The predicted octanol–water partition coefficient (Wildman–Crippen LogP) is 5.26. The fourth-order valence-electron chi connectivity index (χ4n) is 3.43. The van der Waals surface area contributed by atoms with E-state index in [0.717, 1.165) is 49.8 Å². The first-order valence-electron chi connectivity index (χ1n) is 8.49. The van der Waals surface area contributed by atoms with Crippen molar-refractivity contribution in [1.82, 2.24) is 9.97 Å². The maximum Gasteiger partial charge on any atom is 0.0751 e. The number of benzene rings is 3. The number of nitrogens with two attached hydrogens (primary N) is 1. The highest BCUT2D eigenvalue weighted by molar-refractivity contribution is 6.12. The molecule has 26 heavy (non-hydrogen) atoms. The molecule has 5 rings (SSSR count). The molecule has 4 heteroatoms. The van der Waals surface area contributed by atoms with Crippen LogP contribution in [0.25, 0.3) is 32.7 Å². The molecule has 0 aliphatic carbocycles. The molecular weight excluding hydrogens is 320 g/mol. The van der Waals surface area contributed by atoms with Crippen LogP contribution in [-0.4, -0.2) is 9.97 Å². The van der Waals surface area contributed by atoms with E-state index < -0.39 is 0 Å². The number of rotatable bonds is 2. The number of fused-ring (bicyclic) bond motifs is 3. The topological polar surface area (TPSA) is 63.8 Å². The average Bonchev–Trinajstić information content (AvgIpc) is 2.68. The SMILES string of the molecule is Nc1c2ccccc2nc2cccc(Nc3ccnc4ccccc34)c12. The molecular formula is C22H16N4. The smallest absolute Gasteiger partial charge is 0.0751 e. The molecule has 0 atom stereocenters. The van der Waals surface area contributed by atoms with Crippen LogP contribution in [0.1, 0.15) is 0 Å². The summed E-state index contributed by atoms with van der Waals surface area (Å²) in [4.78, 5) is 9.20. The van der Waals surface area contributed by atoms with Crippen LogP contribution in [0.5, 0.6) is 0 Å². The largest absolute Gasteiger partial charge is 0.398 e. The molecule has 0 saturated carbocycles. The van der Waals surface area contributed by atoms with Gasteiger partial charge in [-0.2, -0.15) is 0 Å². The third-order valence-corrected chi connectivity index (χ3v) is 4.67. The van der Waals surface area contributed by atoms with E-state index >= 15 is 0 Å². The first-order chi connectivity index (χ1) is 12.8. The molecule has 3 aromatic carbocycles. The fraction of sp³-hybridized carbons (Fsp3) is 0. The molecule has 0 saturated heterocycles. The van der Waals surface area contributed by atoms with E-state index in [0.29, 0.717) is 0 Å². The monoisotopic (exact) mass is 336 g/mol. The minimum atomic E-state index is 0.743. The molecule has 0 amide bonds. The molecule has 2 heterocycles. The number of para-hydroxylation sites is 2. The Hall–Kier alpha value is -3.66. The van der Waals surface area contributed by atoms with Crippen LogP contribution >= 0.6 is 0 Å². The molecule has 0 fully saturated rings. The van der Waals surface area contributed by atoms with Gasteiger partial charge in [-0.15, -0.1) is 0 Å². The third kappa shape index (κ3) is 2.24. The lowest BCUT2D eigenvalue weighted by atomic mass is 10.1. The Morgan fingerprint density at radius 3 is 2.27 bits per heavy atom. The van der Waals surface area contributed by atoms with Crippen molar-refractivity contribution < 1.29 is 0 Å². The first-order valence-corrected chi connectivity index (χ1v) is 8.49. The summed E-state index contributed by atoms with van der Waals surface area (Å²) < 4.78 is 0. The van der Waals surface area contributed by atoms with Gasteiger partial charge < -0.3 is 11.1 Å². The van der Waals surface area contributed by atoms with Crippen molar-refractivity contribution in [1.29, 1.82) is 0 Å². The summed E-state index contributed by atoms with van der Waals surface area (Å²) in [6, 6.07) is 24.0. The van der Waals surface area contributed by atoms with Gasteiger partial charge in [0.2, 0.25) is 0 Å². The van der Waals surface area contributed by atoms with Gasteiger partial charge in [0.1, 0.15) is 0 Å². The van der Waals surface area contributed by atoms with Gasteiger partial charge in [0, 0.05) is 28.0 Å². The van der Waals surface area contributed by atoms with Gasteiger partial charge >= 0.3 is 0 Å². The predicted molar refractivity (Wildman–Crippen MR) is 109 cm³/mol. The highest BCUT2D eigenvalue weighted by Crippen LogP contribution is 2.35. The second kappa shape index (κ2) is 5.70. The molecule has 3 N–H and O–H groups in total. The van der Waals surface area contributed by atoms with Gasteiger partial charge in [-0.05, 0) is 30.3 Å². The van der Waals surface area contributed by atoms with Crippen LogP contribution in [0.4, 0.5) is 17.1 Å². The molecule has 0 radical (unpaired) electrons. The third-order valence-electron chi connectivity index (χ3n) is 4.67. The van der Waals surface area contributed by atoms with Gasteiger partial charge in [0.15, 0.2) is 0 Å². The lowest BCUT2D eigenvalue weighted by molar-refractivity contribution is 1.40. The fourth-order valence-corrected chi connectivity index (χ4v) is 3.43. The van der Waals surface area contributed by atoms with Crippen molar-refractivity contribution in [3.05, 3.63) is 79.0 Å². The zero-order chi connectivity index (χ0) is 17.5. The number of nitrogen functional groups attached to an aromatic ring is 1. The van der Waals surface area contributed by atoms with Gasteiger partial charge in [-0.1, -0.05) is 42.5 Å². The molecule has 0 bridgehead atoms. The van der Waals surface area contributed by atoms with Crippen LogP contribution in [0.15, 0.2) is 79.0 Å². The zero-order valence-corrected chi connectivity index (χ0v) is 14.0. The quantitative estimate of drug-likeness (QED) is 0.431. The van der Waals surface area contributed by atoms with Crippen LogP contribution < -0.4 is 11.1 Å². The van der Waals surface area contributed by atoms with Crippen LogP contribution in [0.3, 0.4) is 0 Å². The van der Waals surface area contributed by atoms with Crippen molar-refractivity contribution in [3.63, 3.8) is 0 Å². The van der Waals surface area contributed by atoms with Crippen molar-refractivity contribution in [2.75, 3.05) is 11.1 Å². The number of pyridine rings is 2. The Labute approximate surface area is 150 Å². The second-order valence-electron chi connectivity index (χ2n) is 6.24. The summed E-state index contributed by atoms with van der Waals surface area (Å²) in [5.41, 5.74) is 11.9. The number of nitrogens with zero attached hydrogens (tertiary/aromatic N) is 2. The Kier molecular flexibility index (Phi) is 3.22. The number of aromatic nitrogens is 2. The zero-order valence-electron chi connectivity index (χ0n) is 14.0. The molecule has 0 aliphatic heterocycles. The first kappa shape index (κ1) is 14.7. The number of hydrogen-bond acceptors (Lipinski definition) is 4. The molecule has 0 aliphatic rings. The van der Waals surface area contributed by atoms with E-state index in [1.54, 1.807) is 0 Å². The Morgan fingerprint density at radius 1 is 0.654 bits per heavy atom. The summed E-state index contributed by atoms with van der Waals surface area (Å²) in [5, 5.41) is 6.51. The lowest BCUT2D eigenvalue weighted by Gasteiger charge is -2.14. The lowest BCUT2D eigenvalue weighted by Crippen LogP contribution is -1.98. The molecule has 0 spiro atoms. The summed E-state index contributed by atoms with van der Waals surface area (Å²) in [6.45, 7) is 0. The normalized spacial score (nSPS) is 11.2. The molecule has 4 nitrogen and oxygen atoms in total. The number of nitrogens with one attached hydrogen (secondary N) is 1. The van der Waals surface area contributed by atoms with Crippen molar-refractivity contribution in [2.24, 2.45) is 0 Å². The molecule has 124 valence electrons. The minimum absolute atomic E-state index is 0.743. The maximum absolute atomic E-state index is 6.53. The molecule has 5 aromatic rings. The van der Waals surface area contributed by atoms with Gasteiger partial charge in [-0.25, -0.2) is 4.98 Å². The van der Waals surface area contributed by atoms with Crippen LogP contribution in [0.2, 0.25) is 0 Å². The maximum atomic E-state index is 6.53. The summed E-state index contributed by atoms with van der Waals surface area (Å²) >= 11 is 0. The minimum Gasteiger partial charge on any atom is -0.398 e. The summed E-state index contributed by atoms with van der Waals surface area (Å²) in [5.74, 6) is 0. The molecule has 0 unspecified atom stereocenters. The van der Waals surface area contributed by atoms with Gasteiger partial charge in [0.05, 0.1) is 27.9 Å². The highest BCUT2D eigenvalue weighted by Gasteiger charge is 2.11. The van der Waals surface area contributed by atoms with Crippen molar-refractivity contribution >= 4 is 49.8 Å². The highest BCUT2D eigenvalue weighted by atomic mass is 14.9. The van der Waals surface area contributed by atoms with E-state index in [1.165, 1.54) is 0 Å². The Bertz CT molecular complexity index is 1270. The van der Waals surface area contributed by atoms with Gasteiger partial charge in [-0.3, -0.25) is 4.98 Å². The van der Waals surface area contributed by atoms with Gasteiger partial charge in [0.25, 0.3) is 0 Å². The van der Waals surface area contributed by atoms with E-state index in [4.69, 9.17) is 10.7 Å². The van der Waals surface area contributed by atoms with E-state index in [1.807, 2.05) is 72.9 Å². The molecule has 2 aromatic heterocycles. The second-order valence-corrected chi connectivity index (χ2v) is 6.24. The van der Waals surface area contributed by atoms with E-state index in [9.17, 15) is 0 Å².